The van der Waals surface area contributed by atoms with Gasteiger partial charge in [0.25, 0.3) is 0 Å². The van der Waals surface area contributed by atoms with Gasteiger partial charge in [-0.05, 0) is 23.8 Å². The van der Waals surface area contributed by atoms with E-state index in [2.05, 4.69) is 4.98 Å². The molecular weight excluding hydrogens is 292 g/mol. The molecule has 0 bridgehead atoms. The number of hydrogen-bond acceptors (Lipinski definition) is 2. The van der Waals surface area contributed by atoms with Gasteiger partial charge in [0.05, 0.1) is 28.4 Å². The highest BCUT2D eigenvalue weighted by Gasteiger charge is 2.12. The van der Waals surface area contributed by atoms with Gasteiger partial charge in [0.2, 0.25) is 0 Å². The Morgan fingerprint density at radius 2 is 2.00 bits per heavy atom. The fourth-order valence-electron chi connectivity index (χ4n) is 1.68. The summed E-state index contributed by atoms with van der Waals surface area (Å²) in [7, 11) is 0. The third-order valence-electron chi connectivity index (χ3n) is 2.47. The highest BCUT2D eigenvalue weighted by Crippen LogP contribution is 2.29. The number of aromatic nitrogens is 1. The van der Waals surface area contributed by atoms with Gasteiger partial charge in [0, 0.05) is 5.56 Å². The number of carboxylic acids is 1. The lowest BCUT2D eigenvalue weighted by molar-refractivity contribution is -0.136. The summed E-state index contributed by atoms with van der Waals surface area (Å²) in [6.07, 6.45) is 0.712. The van der Waals surface area contributed by atoms with E-state index in [4.69, 9.17) is 28.3 Å². The molecule has 2 aromatic rings. The largest absolute Gasteiger partial charge is 0.481 e. The highest BCUT2D eigenvalue weighted by atomic mass is 35.5. The molecule has 0 unspecified atom stereocenters. The molecule has 3 nitrogen and oxygen atoms in total. The van der Waals surface area contributed by atoms with Gasteiger partial charge in [0.1, 0.15) is 5.82 Å². The van der Waals surface area contributed by atoms with E-state index < -0.39 is 11.8 Å². The first-order valence-electron chi connectivity index (χ1n) is 5.29. The van der Waals surface area contributed by atoms with Crippen LogP contribution in [0.3, 0.4) is 0 Å². The quantitative estimate of drug-likeness (QED) is 0.937. The lowest BCUT2D eigenvalue weighted by Gasteiger charge is -2.08. The number of pyridine rings is 1. The van der Waals surface area contributed by atoms with Crippen LogP contribution >= 0.6 is 23.2 Å². The average Bonchev–Trinajstić information content (AvgIpc) is 2.32. The fourth-order valence-corrected chi connectivity index (χ4v) is 1.98. The summed E-state index contributed by atoms with van der Waals surface area (Å²) in [5.74, 6) is -1.64. The number of carbonyl (C=O) groups is 1. The van der Waals surface area contributed by atoms with Gasteiger partial charge in [-0.15, -0.1) is 0 Å². The second-order valence-corrected chi connectivity index (χ2v) is 4.68. The van der Waals surface area contributed by atoms with Gasteiger partial charge in [0.15, 0.2) is 0 Å². The Labute approximate surface area is 118 Å². The molecule has 0 aliphatic carbocycles. The second kappa shape index (κ2) is 5.55. The minimum Gasteiger partial charge on any atom is -0.481 e. The maximum absolute atomic E-state index is 13.2. The van der Waals surface area contributed by atoms with Crippen molar-refractivity contribution in [2.24, 2.45) is 0 Å². The summed E-state index contributed by atoms with van der Waals surface area (Å²) >= 11 is 11.7. The number of nitrogens with zero attached hydrogens (tertiary/aromatic N) is 1. The molecule has 98 valence electrons. The fraction of sp³-hybridized carbons (Fsp3) is 0.0769. The molecule has 0 saturated carbocycles. The third-order valence-corrected chi connectivity index (χ3v) is 3.21. The monoisotopic (exact) mass is 299 g/mol. The molecule has 1 aromatic heterocycles. The van der Waals surface area contributed by atoms with Crippen molar-refractivity contribution in [3.05, 3.63) is 51.9 Å². The zero-order valence-electron chi connectivity index (χ0n) is 9.53. The smallest absolute Gasteiger partial charge is 0.307 e. The van der Waals surface area contributed by atoms with Crippen molar-refractivity contribution in [1.82, 2.24) is 4.98 Å². The van der Waals surface area contributed by atoms with E-state index in [1.54, 1.807) is 18.2 Å². The topological polar surface area (TPSA) is 50.2 Å². The minimum absolute atomic E-state index is 0.283. The van der Waals surface area contributed by atoms with Crippen molar-refractivity contribution in [2.75, 3.05) is 0 Å². The van der Waals surface area contributed by atoms with Crippen LogP contribution in [0.15, 0.2) is 30.5 Å². The van der Waals surface area contributed by atoms with Crippen LogP contribution in [0.1, 0.15) is 5.56 Å². The van der Waals surface area contributed by atoms with Gasteiger partial charge in [-0.3, -0.25) is 9.78 Å². The van der Waals surface area contributed by atoms with Crippen LogP contribution in [-0.2, 0) is 11.2 Å². The van der Waals surface area contributed by atoms with Gasteiger partial charge in [-0.25, -0.2) is 4.39 Å². The van der Waals surface area contributed by atoms with Crippen molar-refractivity contribution in [3.63, 3.8) is 0 Å². The third kappa shape index (κ3) is 3.22. The van der Waals surface area contributed by atoms with E-state index in [0.717, 1.165) is 12.3 Å². The molecule has 19 heavy (non-hydrogen) atoms. The molecule has 6 heteroatoms. The van der Waals surface area contributed by atoms with Crippen LogP contribution in [0.2, 0.25) is 10.0 Å². The molecule has 1 aromatic carbocycles. The average molecular weight is 300 g/mol. The van der Waals surface area contributed by atoms with Crippen LogP contribution in [0, 0.1) is 5.82 Å². The zero-order chi connectivity index (χ0) is 14.0. The van der Waals surface area contributed by atoms with Crippen molar-refractivity contribution >= 4 is 29.2 Å². The Morgan fingerprint density at radius 1 is 1.26 bits per heavy atom. The summed E-state index contributed by atoms with van der Waals surface area (Å²) in [5, 5.41) is 9.54. The Hall–Kier alpha value is -1.65. The molecule has 0 spiro atoms. The minimum atomic E-state index is -1.06. The van der Waals surface area contributed by atoms with E-state index in [1.807, 2.05) is 0 Å². The van der Waals surface area contributed by atoms with Crippen molar-refractivity contribution in [2.45, 2.75) is 6.42 Å². The maximum Gasteiger partial charge on any atom is 0.307 e. The Bertz CT molecular complexity index is 647. The molecule has 0 fully saturated rings. The van der Waals surface area contributed by atoms with Crippen molar-refractivity contribution < 1.29 is 14.3 Å². The Balaban J connectivity index is 2.54. The molecule has 2 rings (SSSR count). The molecule has 1 N–H and O–H groups in total. The molecule has 0 amide bonds. The summed E-state index contributed by atoms with van der Waals surface area (Å²) in [6, 6.07) is 5.95. The maximum atomic E-state index is 13.2. The van der Waals surface area contributed by atoms with Gasteiger partial charge in [-0.1, -0.05) is 29.3 Å². The second-order valence-electron chi connectivity index (χ2n) is 3.86. The molecular formula is C13H8Cl2FNO2. The van der Waals surface area contributed by atoms with Crippen molar-refractivity contribution in [1.29, 1.82) is 0 Å². The Kier molecular flexibility index (Phi) is 4.02. The number of rotatable bonds is 3. The SMILES string of the molecule is O=C(O)Cc1cc(F)cnc1-c1ccc(Cl)c(Cl)c1. The van der Waals surface area contributed by atoms with Crippen LogP contribution in [0.25, 0.3) is 11.3 Å². The molecule has 0 aliphatic heterocycles. The first kappa shape index (κ1) is 13.8. The molecule has 0 radical (unpaired) electrons. The van der Waals surface area contributed by atoms with Crippen LogP contribution in [0.5, 0.6) is 0 Å². The van der Waals surface area contributed by atoms with E-state index >= 15 is 0 Å². The van der Waals surface area contributed by atoms with Gasteiger partial charge in [-0.2, -0.15) is 0 Å². The molecule has 0 aliphatic rings. The summed E-state index contributed by atoms with van der Waals surface area (Å²) < 4.78 is 13.2. The number of carboxylic acid groups (broad SMARTS) is 1. The zero-order valence-corrected chi connectivity index (χ0v) is 11.0. The molecule has 0 atom stereocenters. The van der Waals surface area contributed by atoms with Crippen LogP contribution < -0.4 is 0 Å². The number of halogens is 3. The van der Waals surface area contributed by atoms with Gasteiger partial charge < -0.3 is 5.11 Å². The van der Waals surface area contributed by atoms with E-state index in [0.29, 0.717) is 21.3 Å². The number of benzene rings is 1. The predicted molar refractivity (Wildman–Crippen MR) is 71.0 cm³/mol. The van der Waals surface area contributed by atoms with Crippen LogP contribution in [-0.4, -0.2) is 16.1 Å². The number of hydrogen-bond donors (Lipinski definition) is 1. The van der Waals surface area contributed by atoms with Crippen LogP contribution in [0.4, 0.5) is 4.39 Å². The predicted octanol–water partition coefficient (Wildman–Crippen LogP) is 3.82. The van der Waals surface area contributed by atoms with E-state index in [1.165, 1.54) is 0 Å². The number of aliphatic carboxylic acids is 1. The normalized spacial score (nSPS) is 10.5. The lowest BCUT2D eigenvalue weighted by Crippen LogP contribution is -2.04. The summed E-state index contributed by atoms with van der Waals surface area (Å²) in [6.45, 7) is 0. The molecule has 0 saturated heterocycles. The summed E-state index contributed by atoms with van der Waals surface area (Å²) in [4.78, 5) is 14.7. The van der Waals surface area contributed by atoms with E-state index in [9.17, 15) is 9.18 Å². The summed E-state index contributed by atoms with van der Waals surface area (Å²) in [5.41, 5.74) is 1.25. The standard InChI is InChI=1S/C13H8Cl2FNO2/c14-10-2-1-7(4-11(10)15)13-8(5-12(18)19)3-9(16)6-17-13/h1-4,6H,5H2,(H,18,19). The Morgan fingerprint density at radius 3 is 2.63 bits per heavy atom. The van der Waals surface area contributed by atoms with Gasteiger partial charge >= 0.3 is 5.97 Å². The lowest BCUT2D eigenvalue weighted by atomic mass is 10.0. The van der Waals surface area contributed by atoms with E-state index in [-0.39, 0.29) is 12.0 Å². The van der Waals surface area contributed by atoms with Crippen molar-refractivity contribution in [3.8, 4) is 11.3 Å². The highest BCUT2D eigenvalue weighted by molar-refractivity contribution is 6.42. The first-order valence-corrected chi connectivity index (χ1v) is 6.04. The first-order chi connectivity index (χ1) is 8.97. The molecule has 1 heterocycles.